The number of rotatable bonds is 8. The number of hydrogen-bond acceptors (Lipinski definition) is 6. The van der Waals surface area contributed by atoms with Crippen molar-refractivity contribution in [2.24, 2.45) is 0 Å². The molecule has 0 saturated carbocycles. The Morgan fingerprint density at radius 1 is 1.10 bits per heavy atom. The number of benzene rings is 2. The highest BCUT2D eigenvalue weighted by atomic mass is 16.5. The zero-order valence-corrected chi connectivity index (χ0v) is 18.2. The van der Waals surface area contributed by atoms with Gasteiger partial charge in [-0.05, 0) is 56.8 Å². The van der Waals surface area contributed by atoms with E-state index in [9.17, 15) is 9.90 Å². The summed E-state index contributed by atoms with van der Waals surface area (Å²) in [6.45, 7) is 5.31. The summed E-state index contributed by atoms with van der Waals surface area (Å²) in [6.07, 6.45) is 2.16. The zero-order valence-electron chi connectivity index (χ0n) is 18.2. The summed E-state index contributed by atoms with van der Waals surface area (Å²) in [6, 6.07) is 8.53. The SMILES string of the molecule is CCCCN(C)Cc1c(O)ccc2c(=O)c(-c3ccc(OC)c(OC)c3)c(C)oc12. The predicted molar refractivity (Wildman–Crippen MR) is 119 cm³/mol. The van der Waals surface area contributed by atoms with E-state index < -0.39 is 0 Å². The third kappa shape index (κ3) is 4.14. The monoisotopic (exact) mass is 411 g/mol. The largest absolute Gasteiger partial charge is 0.507 e. The summed E-state index contributed by atoms with van der Waals surface area (Å²) in [7, 11) is 5.12. The highest BCUT2D eigenvalue weighted by Crippen LogP contribution is 2.35. The van der Waals surface area contributed by atoms with Gasteiger partial charge in [-0.25, -0.2) is 0 Å². The van der Waals surface area contributed by atoms with Crippen molar-refractivity contribution in [2.45, 2.75) is 33.2 Å². The van der Waals surface area contributed by atoms with Gasteiger partial charge in [-0.15, -0.1) is 0 Å². The van der Waals surface area contributed by atoms with Gasteiger partial charge in [0.2, 0.25) is 5.43 Å². The Morgan fingerprint density at radius 3 is 2.50 bits per heavy atom. The Labute approximate surface area is 176 Å². The molecule has 2 aromatic carbocycles. The predicted octanol–water partition coefficient (Wildman–Crippen LogP) is 4.72. The van der Waals surface area contributed by atoms with Crippen LogP contribution in [-0.2, 0) is 6.54 Å². The molecule has 30 heavy (non-hydrogen) atoms. The van der Waals surface area contributed by atoms with Gasteiger partial charge in [0.25, 0.3) is 0 Å². The molecule has 1 N–H and O–H groups in total. The number of ether oxygens (including phenoxy) is 2. The molecule has 0 aliphatic carbocycles. The second kappa shape index (κ2) is 9.22. The second-order valence-electron chi connectivity index (χ2n) is 7.46. The minimum absolute atomic E-state index is 0.132. The van der Waals surface area contributed by atoms with Crippen molar-refractivity contribution in [1.29, 1.82) is 0 Å². The number of unbranched alkanes of at least 4 members (excludes halogenated alkanes) is 1. The first kappa shape index (κ1) is 21.7. The van der Waals surface area contributed by atoms with Crippen molar-refractivity contribution < 1.29 is 19.0 Å². The first-order valence-corrected chi connectivity index (χ1v) is 10.1. The van der Waals surface area contributed by atoms with Crippen LogP contribution in [0.25, 0.3) is 22.1 Å². The molecule has 6 nitrogen and oxygen atoms in total. The number of phenolic OH excluding ortho intramolecular Hbond substituents is 1. The van der Waals surface area contributed by atoms with Crippen LogP contribution in [0.2, 0.25) is 0 Å². The molecule has 0 aliphatic rings. The first-order chi connectivity index (χ1) is 14.4. The van der Waals surface area contributed by atoms with E-state index >= 15 is 0 Å². The van der Waals surface area contributed by atoms with Crippen molar-refractivity contribution in [2.75, 3.05) is 27.8 Å². The molecular formula is C24H29NO5. The molecule has 3 rings (SSSR count). The number of phenols is 1. The lowest BCUT2D eigenvalue weighted by Crippen LogP contribution is -2.19. The molecule has 0 saturated heterocycles. The van der Waals surface area contributed by atoms with Gasteiger partial charge in [-0.2, -0.15) is 0 Å². The molecule has 0 atom stereocenters. The number of aromatic hydroxyl groups is 1. The van der Waals surface area contributed by atoms with Gasteiger partial charge in [-0.1, -0.05) is 19.4 Å². The van der Waals surface area contributed by atoms with Gasteiger partial charge < -0.3 is 23.9 Å². The summed E-state index contributed by atoms with van der Waals surface area (Å²) >= 11 is 0. The average molecular weight is 411 g/mol. The maximum Gasteiger partial charge on any atom is 0.200 e. The number of nitrogens with zero attached hydrogens (tertiary/aromatic N) is 1. The second-order valence-corrected chi connectivity index (χ2v) is 7.46. The van der Waals surface area contributed by atoms with Crippen LogP contribution in [0.4, 0.5) is 0 Å². The molecule has 0 bridgehead atoms. The zero-order chi connectivity index (χ0) is 21.8. The van der Waals surface area contributed by atoms with Gasteiger partial charge in [0.15, 0.2) is 11.5 Å². The highest BCUT2D eigenvalue weighted by molar-refractivity contribution is 5.86. The van der Waals surface area contributed by atoms with Crippen LogP contribution < -0.4 is 14.9 Å². The fraction of sp³-hybridized carbons (Fsp3) is 0.375. The molecule has 0 amide bonds. The Kier molecular flexibility index (Phi) is 6.67. The van der Waals surface area contributed by atoms with Crippen LogP contribution in [0.15, 0.2) is 39.5 Å². The lowest BCUT2D eigenvalue weighted by molar-refractivity contribution is 0.314. The smallest absolute Gasteiger partial charge is 0.200 e. The lowest BCUT2D eigenvalue weighted by Gasteiger charge is -2.18. The van der Waals surface area contributed by atoms with Crippen LogP contribution in [0, 0.1) is 6.92 Å². The van der Waals surface area contributed by atoms with E-state index in [1.165, 1.54) is 0 Å². The molecule has 0 unspecified atom stereocenters. The topological polar surface area (TPSA) is 72.1 Å². The van der Waals surface area contributed by atoms with Gasteiger partial charge in [0.05, 0.1) is 30.7 Å². The van der Waals surface area contributed by atoms with Crippen molar-refractivity contribution in [3.8, 4) is 28.4 Å². The van der Waals surface area contributed by atoms with E-state index in [0.717, 1.165) is 19.4 Å². The molecule has 3 aromatic rings. The van der Waals surface area contributed by atoms with Crippen LogP contribution in [0.1, 0.15) is 31.1 Å². The first-order valence-electron chi connectivity index (χ1n) is 10.1. The normalized spacial score (nSPS) is 11.3. The molecule has 0 radical (unpaired) electrons. The quantitative estimate of drug-likeness (QED) is 0.578. The number of fused-ring (bicyclic) bond motifs is 1. The Morgan fingerprint density at radius 2 is 1.83 bits per heavy atom. The maximum atomic E-state index is 13.4. The van der Waals surface area contributed by atoms with E-state index in [4.69, 9.17) is 13.9 Å². The summed E-state index contributed by atoms with van der Waals surface area (Å²) in [5, 5.41) is 10.9. The third-order valence-electron chi connectivity index (χ3n) is 5.31. The number of methoxy groups -OCH3 is 2. The highest BCUT2D eigenvalue weighted by Gasteiger charge is 2.19. The van der Waals surface area contributed by atoms with E-state index in [2.05, 4.69) is 11.8 Å². The van der Waals surface area contributed by atoms with Crippen LogP contribution >= 0.6 is 0 Å². The van der Waals surface area contributed by atoms with E-state index in [0.29, 0.717) is 51.5 Å². The molecular weight excluding hydrogens is 382 g/mol. The summed E-state index contributed by atoms with van der Waals surface area (Å²) < 4.78 is 16.8. The number of aryl methyl sites for hydroxylation is 1. The van der Waals surface area contributed by atoms with E-state index in [-0.39, 0.29) is 11.2 Å². The standard InChI is InChI=1S/C24H29NO5/c1-6-7-12-25(3)14-18-19(26)10-9-17-23(27)22(15(2)30-24(17)18)16-8-11-20(28-4)21(13-16)29-5/h8-11,13,26H,6-7,12,14H2,1-5H3. The third-order valence-corrected chi connectivity index (χ3v) is 5.31. The van der Waals surface area contributed by atoms with Gasteiger partial charge in [0, 0.05) is 6.54 Å². The van der Waals surface area contributed by atoms with Crippen molar-refractivity contribution in [3.05, 3.63) is 51.9 Å². The average Bonchev–Trinajstić information content (AvgIpc) is 2.74. The summed E-state index contributed by atoms with van der Waals surface area (Å²) in [4.78, 5) is 15.5. The van der Waals surface area contributed by atoms with Crippen molar-refractivity contribution >= 4 is 11.0 Å². The summed E-state index contributed by atoms with van der Waals surface area (Å²) in [5.41, 5.74) is 2.09. The van der Waals surface area contributed by atoms with Crippen molar-refractivity contribution in [1.82, 2.24) is 4.90 Å². The van der Waals surface area contributed by atoms with Gasteiger partial charge >= 0.3 is 0 Å². The molecule has 0 aliphatic heterocycles. The maximum absolute atomic E-state index is 13.4. The van der Waals surface area contributed by atoms with E-state index in [1.807, 2.05) is 13.1 Å². The molecule has 1 aromatic heterocycles. The minimum Gasteiger partial charge on any atom is -0.507 e. The lowest BCUT2D eigenvalue weighted by atomic mass is 10.0. The Bertz CT molecular complexity index is 1100. The van der Waals surface area contributed by atoms with Gasteiger partial charge in [0.1, 0.15) is 17.1 Å². The molecule has 0 fully saturated rings. The van der Waals surface area contributed by atoms with Crippen LogP contribution in [0.3, 0.4) is 0 Å². The molecule has 160 valence electrons. The molecule has 6 heteroatoms. The van der Waals surface area contributed by atoms with Gasteiger partial charge in [-0.3, -0.25) is 4.79 Å². The minimum atomic E-state index is -0.140. The summed E-state index contributed by atoms with van der Waals surface area (Å²) in [5.74, 6) is 1.75. The van der Waals surface area contributed by atoms with Crippen LogP contribution in [-0.4, -0.2) is 37.8 Å². The van der Waals surface area contributed by atoms with E-state index in [1.54, 1.807) is 45.4 Å². The fourth-order valence-electron chi connectivity index (χ4n) is 3.67. The molecule has 1 heterocycles. The van der Waals surface area contributed by atoms with Crippen LogP contribution in [0.5, 0.6) is 17.2 Å². The van der Waals surface area contributed by atoms with Crippen molar-refractivity contribution in [3.63, 3.8) is 0 Å². The fourth-order valence-corrected chi connectivity index (χ4v) is 3.67. The number of hydrogen-bond donors (Lipinski definition) is 1. The Hall–Kier alpha value is -2.99. The Balaban J connectivity index is 2.15. The molecule has 0 spiro atoms.